The molecule has 1 spiro atoms. The van der Waals surface area contributed by atoms with Crippen molar-refractivity contribution in [2.45, 2.75) is 31.0 Å². The van der Waals surface area contributed by atoms with Crippen LogP contribution in [0.5, 0.6) is 0 Å². The molecule has 1 aliphatic carbocycles. The molecule has 3 N–H and O–H groups in total. The van der Waals surface area contributed by atoms with Crippen LogP contribution in [0.3, 0.4) is 0 Å². The molecule has 0 aromatic rings. The quantitative estimate of drug-likeness (QED) is 0.555. The Hall–Kier alpha value is -0.120. The molecule has 0 radical (unpaired) electrons. The zero-order valence-electron chi connectivity index (χ0n) is 6.81. The largest absolute Gasteiger partial charge is 0.368 e. The van der Waals surface area contributed by atoms with E-state index in [0.29, 0.717) is 6.54 Å². The molecule has 3 heteroatoms. The smallest absolute Gasteiger partial charge is 0.0829 e. The number of rotatable bonds is 1. The maximum Gasteiger partial charge on any atom is 0.0829 e. The van der Waals surface area contributed by atoms with E-state index in [1.165, 1.54) is 19.3 Å². The van der Waals surface area contributed by atoms with Crippen LogP contribution in [0.4, 0.5) is 0 Å². The summed E-state index contributed by atoms with van der Waals surface area (Å²) in [5, 5.41) is 3.37. The highest BCUT2D eigenvalue weighted by Gasteiger charge is 2.41. The van der Waals surface area contributed by atoms with Gasteiger partial charge in [0.2, 0.25) is 0 Å². The van der Waals surface area contributed by atoms with Crippen LogP contribution in [-0.4, -0.2) is 31.3 Å². The van der Waals surface area contributed by atoms with Gasteiger partial charge in [-0.15, -0.1) is 0 Å². The fourth-order valence-electron chi connectivity index (χ4n) is 1.90. The molecular weight excluding hydrogens is 140 g/mol. The van der Waals surface area contributed by atoms with Crippen molar-refractivity contribution in [1.82, 2.24) is 5.32 Å². The molecule has 2 aliphatic rings. The monoisotopic (exact) mass is 156 g/mol. The fraction of sp³-hybridized carbons (Fsp3) is 1.00. The highest BCUT2D eigenvalue weighted by molar-refractivity contribution is 4.95. The SMILES string of the molecule is NCC1CNCC2(CCC2)O1. The molecule has 1 unspecified atom stereocenters. The molecule has 1 atom stereocenters. The molecule has 2 rings (SSSR count). The Bertz CT molecular complexity index is 145. The Morgan fingerprint density at radius 2 is 2.36 bits per heavy atom. The highest BCUT2D eigenvalue weighted by Crippen LogP contribution is 2.37. The Labute approximate surface area is 67.3 Å². The minimum Gasteiger partial charge on any atom is -0.368 e. The first-order chi connectivity index (χ1) is 5.35. The van der Waals surface area contributed by atoms with Gasteiger partial charge in [-0.25, -0.2) is 0 Å². The molecule has 0 aromatic carbocycles. The predicted octanol–water partition coefficient (Wildman–Crippen LogP) is -0.144. The van der Waals surface area contributed by atoms with Gasteiger partial charge in [-0.3, -0.25) is 0 Å². The first-order valence-corrected chi connectivity index (χ1v) is 4.43. The van der Waals surface area contributed by atoms with Gasteiger partial charge in [-0.1, -0.05) is 0 Å². The van der Waals surface area contributed by atoms with Crippen LogP contribution >= 0.6 is 0 Å². The second-order valence-electron chi connectivity index (χ2n) is 3.64. The lowest BCUT2D eigenvalue weighted by molar-refractivity contribution is -0.153. The maximum atomic E-state index is 5.87. The van der Waals surface area contributed by atoms with E-state index in [-0.39, 0.29) is 11.7 Å². The van der Waals surface area contributed by atoms with E-state index in [1.807, 2.05) is 0 Å². The molecule has 2 fully saturated rings. The van der Waals surface area contributed by atoms with Crippen LogP contribution in [-0.2, 0) is 4.74 Å². The predicted molar refractivity (Wildman–Crippen MR) is 43.4 cm³/mol. The Morgan fingerprint density at radius 3 is 2.91 bits per heavy atom. The van der Waals surface area contributed by atoms with Gasteiger partial charge in [-0.05, 0) is 19.3 Å². The van der Waals surface area contributed by atoms with E-state index in [1.54, 1.807) is 0 Å². The molecule has 0 bridgehead atoms. The Morgan fingerprint density at radius 1 is 1.55 bits per heavy atom. The summed E-state index contributed by atoms with van der Waals surface area (Å²) in [5.41, 5.74) is 5.72. The number of hydrogen-bond acceptors (Lipinski definition) is 3. The van der Waals surface area contributed by atoms with Crippen LogP contribution in [0.25, 0.3) is 0 Å². The highest BCUT2D eigenvalue weighted by atomic mass is 16.5. The van der Waals surface area contributed by atoms with Crippen LogP contribution in [0.15, 0.2) is 0 Å². The summed E-state index contributed by atoms with van der Waals surface area (Å²) < 4.78 is 5.87. The zero-order valence-corrected chi connectivity index (χ0v) is 6.81. The molecule has 64 valence electrons. The van der Waals surface area contributed by atoms with Gasteiger partial charge in [0.05, 0.1) is 11.7 Å². The molecule has 3 nitrogen and oxygen atoms in total. The Kier molecular flexibility index (Phi) is 1.87. The van der Waals surface area contributed by atoms with Gasteiger partial charge in [0.1, 0.15) is 0 Å². The third kappa shape index (κ3) is 1.28. The standard InChI is InChI=1S/C8H16N2O/c9-4-7-5-10-6-8(11-7)2-1-3-8/h7,10H,1-6,9H2. The van der Waals surface area contributed by atoms with Crippen molar-refractivity contribution in [3.63, 3.8) is 0 Å². The molecule has 0 amide bonds. The third-order valence-corrected chi connectivity index (χ3v) is 2.76. The van der Waals surface area contributed by atoms with Crippen molar-refractivity contribution in [2.24, 2.45) is 5.73 Å². The van der Waals surface area contributed by atoms with Crippen molar-refractivity contribution in [3.05, 3.63) is 0 Å². The van der Waals surface area contributed by atoms with Gasteiger partial charge >= 0.3 is 0 Å². The minimum absolute atomic E-state index is 0.183. The minimum atomic E-state index is 0.183. The number of nitrogens with one attached hydrogen (secondary N) is 1. The summed E-state index contributed by atoms with van der Waals surface area (Å²) in [6.07, 6.45) is 4.01. The van der Waals surface area contributed by atoms with Gasteiger partial charge < -0.3 is 15.8 Å². The van der Waals surface area contributed by atoms with E-state index in [0.717, 1.165) is 13.1 Å². The van der Waals surface area contributed by atoms with E-state index in [9.17, 15) is 0 Å². The van der Waals surface area contributed by atoms with Crippen molar-refractivity contribution < 1.29 is 4.74 Å². The van der Waals surface area contributed by atoms with Gasteiger partial charge in [-0.2, -0.15) is 0 Å². The summed E-state index contributed by atoms with van der Waals surface area (Å²) in [6, 6.07) is 0. The lowest BCUT2D eigenvalue weighted by atomic mass is 9.79. The molecule has 1 saturated heterocycles. The van der Waals surface area contributed by atoms with E-state index < -0.39 is 0 Å². The van der Waals surface area contributed by atoms with Crippen molar-refractivity contribution in [2.75, 3.05) is 19.6 Å². The average molecular weight is 156 g/mol. The number of hydrogen-bond donors (Lipinski definition) is 2. The summed E-state index contributed by atoms with van der Waals surface area (Å²) in [5.74, 6) is 0. The number of ether oxygens (including phenoxy) is 1. The second kappa shape index (κ2) is 2.73. The first kappa shape index (κ1) is 7.53. The molecule has 1 heterocycles. The van der Waals surface area contributed by atoms with Gasteiger partial charge in [0.25, 0.3) is 0 Å². The van der Waals surface area contributed by atoms with Crippen LogP contribution in [0.1, 0.15) is 19.3 Å². The Balaban J connectivity index is 1.92. The summed E-state index contributed by atoms with van der Waals surface area (Å²) in [4.78, 5) is 0. The topological polar surface area (TPSA) is 47.3 Å². The van der Waals surface area contributed by atoms with Gasteiger partial charge in [0.15, 0.2) is 0 Å². The van der Waals surface area contributed by atoms with Crippen molar-refractivity contribution in [3.8, 4) is 0 Å². The maximum absolute atomic E-state index is 5.87. The van der Waals surface area contributed by atoms with E-state index >= 15 is 0 Å². The van der Waals surface area contributed by atoms with Crippen LogP contribution in [0.2, 0.25) is 0 Å². The molecule has 0 aromatic heterocycles. The zero-order chi connectivity index (χ0) is 7.73. The second-order valence-corrected chi connectivity index (χ2v) is 3.64. The van der Waals surface area contributed by atoms with E-state index in [2.05, 4.69) is 5.32 Å². The van der Waals surface area contributed by atoms with Crippen LogP contribution < -0.4 is 11.1 Å². The summed E-state index contributed by atoms with van der Waals surface area (Å²) >= 11 is 0. The third-order valence-electron chi connectivity index (χ3n) is 2.76. The lowest BCUT2D eigenvalue weighted by Crippen LogP contribution is -2.58. The molecular formula is C8H16N2O. The molecule has 1 aliphatic heterocycles. The fourth-order valence-corrected chi connectivity index (χ4v) is 1.90. The molecule has 11 heavy (non-hydrogen) atoms. The van der Waals surface area contributed by atoms with Crippen LogP contribution in [0, 0.1) is 0 Å². The summed E-state index contributed by atoms with van der Waals surface area (Å²) in [7, 11) is 0. The summed E-state index contributed by atoms with van der Waals surface area (Å²) in [6.45, 7) is 2.61. The van der Waals surface area contributed by atoms with Crippen molar-refractivity contribution in [1.29, 1.82) is 0 Å². The number of nitrogens with two attached hydrogens (primary N) is 1. The normalized spacial score (nSPS) is 35.2. The van der Waals surface area contributed by atoms with E-state index in [4.69, 9.17) is 10.5 Å². The first-order valence-electron chi connectivity index (χ1n) is 4.43. The van der Waals surface area contributed by atoms with Crippen molar-refractivity contribution >= 4 is 0 Å². The number of morpholine rings is 1. The van der Waals surface area contributed by atoms with Gasteiger partial charge in [0, 0.05) is 19.6 Å². The molecule has 1 saturated carbocycles. The lowest BCUT2D eigenvalue weighted by Gasteiger charge is -2.47. The average Bonchev–Trinajstić information content (AvgIpc) is 2.02.